The first-order valence-corrected chi connectivity index (χ1v) is 3.14. The Labute approximate surface area is 66.7 Å². The van der Waals surface area contributed by atoms with Crippen LogP contribution in [-0.4, -0.2) is 39.9 Å². The zero-order valence-corrected chi connectivity index (χ0v) is 5.85. The number of rotatable bonds is 1. The second-order valence-corrected chi connectivity index (χ2v) is 2.29. The van der Waals surface area contributed by atoms with Crippen molar-refractivity contribution in [2.75, 3.05) is 0 Å². The summed E-state index contributed by atoms with van der Waals surface area (Å²) in [7, 11) is 0. The van der Waals surface area contributed by atoms with Crippen LogP contribution in [0.15, 0.2) is 11.8 Å². The number of aliphatic hydroxyl groups excluding tert-OH is 2. The average Bonchev–Trinajstić information content (AvgIpc) is 1.99. The highest BCUT2D eigenvalue weighted by atomic mass is 19.1. The van der Waals surface area contributed by atoms with E-state index in [4.69, 9.17) is 15.3 Å². The topological polar surface area (TPSA) is 87.0 Å². The molecule has 0 unspecified atom stereocenters. The van der Waals surface area contributed by atoms with Gasteiger partial charge >= 0.3 is 5.97 Å². The van der Waals surface area contributed by atoms with Gasteiger partial charge in [0, 0.05) is 0 Å². The highest BCUT2D eigenvalue weighted by molar-refractivity contribution is 5.84. The van der Waals surface area contributed by atoms with Crippen LogP contribution in [0.5, 0.6) is 0 Å². The Balaban J connectivity index is 2.81. The first kappa shape index (κ1) is 8.95. The molecular formula is C6H7FO5. The molecule has 3 N–H and O–H groups in total. The lowest BCUT2D eigenvalue weighted by Gasteiger charge is -2.24. The molecule has 0 aliphatic carbocycles. The average molecular weight is 178 g/mol. The number of hydrogen-bond donors (Lipinski definition) is 3. The van der Waals surface area contributed by atoms with E-state index in [9.17, 15) is 9.18 Å². The van der Waals surface area contributed by atoms with Crippen molar-refractivity contribution in [1.82, 2.24) is 0 Å². The molecule has 0 aromatic heterocycles. The summed E-state index contributed by atoms with van der Waals surface area (Å²) in [6, 6.07) is 0. The van der Waals surface area contributed by atoms with E-state index in [1.165, 1.54) is 0 Å². The van der Waals surface area contributed by atoms with E-state index >= 15 is 0 Å². The fourth-order valence-corrected chi connectivity index (χ4v) is 0.761. The van der Waals surface area contributed by atoms with Gasteiger partial charge in [-0.1, -0.05) is 0 Å². The molecule has 0 saturated heterocycles. The summed E-state index contributed by atoms with van der Waals surface area (Å²) in [5, 5.41) is 25.9. The molecule has 0 aromatic rings. The van der Waals surface area contributed by atoms with Crippen LogP contribution in [0.4, 0.5) is 4.39 Å². The number of alkyl halides is 1. The maximum absolute atomic E-state index is 12.5. The lowest BCUT2D eigenvalue weighted by molar-refractivity contribution is -0.157. The predicted octanol–water partition coefficient (Wildman–Crippen LogP) is -0.998. The summed E-state index contributed by atoms with van der Waals surface area (Å²) in [6.07, 6.45) is -4.73. The van der Waals surface area contributed by atoms with Gasteiger partial charge in [-0.15, -0.1) is 0 Å². The van der Waals surface area contributed by atoms with Crippen molar-refractivity contribution in [2.24, 2.45) is 0 Å². The number of carboxylic acid groups (broad SMARTS) is 1. The second-order valence-electron chi connectivity index (χ2n) is 2.29. The Morgan fingerprint density at radius 2 is 2.17 bits per heavy atom. The summed E-state index contributed by atoms with van der Waals surface area (Å²) >= 11 is 0. The quantitative estimate of drug-likeness (QED) is 0.479. The van der Waals surface area contributed by atoms with Crippen molar-refractivity contribution in [3.63, 3.8) is 0 Å². The summed E-state index contributed by atoms with van der Waals surface area (Å²) in [5.41, 5.74) is 0. The normalized spacial score (nSPS) is 35.2. The van der Waals surface area contributed by atoms with Crippen LogP contribution >= 0.6 is 0 Å². The number of ether oxygens (including phenoxy) is 1. The lowest BCUT2D eigenvalue weighted by atomic mass is 10.1. The standard InChI is InChI=1S/C6H7FO5/c7-5-4(9)2(8)1-3(12-5)6(10)11/h1-2,4-5,8-9H,(H,10,11)/t2-,4+,5+/m0/s1. The van der Waals surface area contributed by atoms with Crippen molar-refractivity contribution >= 4 is 5.97 Å². The van der Waals surface area contributed by atoms with Crippen molar-refractivity contribution in [3.05, 3.63) is 11.8 Å². The van der Waals surface area contributed by atoms with E-state index < -0.39 is 30.3 Å². The SMILES string of the molecule is O=C(O)C1=C[C@H](O)[C@@H](O)[C@H](F)O1. The van der Waals surface area contributed by atoms with Gasteiger partial charge in [-0.05, 0) is 6.08 Å². The van der Waals surface area contributed by atoms with E-state index in [1.807, 2.05) is 0 Å². The Hall–Kier alpha value is -1.14. The molecule has 6 heteroatoms. The number of carboxylic acids is 1. The lowest BCUT2D eigenvalue weighted by Crippen LogP contribution is -2.40. The fraction of sp³-hybridized carbons (Fsp3) is 0.500. The minimum Gasteiger partial charge on any atom is -0.475 e. The monoisotopic (exact) mass is 178 g/mol. The van der Waals surface area contributed by atoms with Gasteiger partial charge in [0.1, 0.15) is 6.10 Å². The Morgan fingerprint density at radius 1 is 1.58 bits per heavy atom. The smallest absolute Gasteiger partial charge is 0.371 e. The van der Waals surface area contributed by atoms with E-state index in [0.717, 1.165) is 6.08 Å². The maximum Gasteiger partial charge on any atom is 0.371 e. The first-order valence-electron chi connectivity index (χ1n) is 3.14. The molecule has 1 aliphatic rings. The van der Waals surface area contributed by atoms with Crippen LogP contribution in [0.3, 0.4) is 0 Å². The molecule has 1 heterocycles. The second kappa shape index (κ2) is 3.08. The highest BCUT2D eigenvalue weighted by Crippen LogP contribution is 2.18. The minimum atomic E-state index is -2.20. The summed E-state index contributed by atoms with van der Waals surface area (Å²) < 4.78 is 16.6. The molecule has 0 saturated carbocycles. The van der Waals surface area contributed by atoms with E-state index in [2.05, 4.69) is 4.74 Å². The largest absolute Gasteiger partial charge is 0.475 e. The van der Waals surface area contributed by atoms with Gasteiger partial charge in [0.15, 0.2) is 6.10 Å². The van der Waals surface area contributed by atoms with Gasteiger partial charge in [0.2, 0.25) is 5.76 Å². The molecular weight excluding hydrogens is 171 g/mol. The molecule has 1 aliphatic heterocycles. The Bertz CT molecular complexity index is 226. The van der Waals surface area contributed by atoms with E-state index in [-0.39, 0.29) is 0 Å². The van der Waals surface area contributed by atoms with Gasteiger partial charge in [-0.25, -0.2) is 4.79 Å². The third kappa shape index (κ3) is 1.54. The molecule has 0 aromatic carbocycles. The number of aliphatic carboxylic acids is 1. The van der Waals surface area contributed by atoms with Crippen molar-refractivity contribution < 1.29 is 29.2 Å². The van der Waals surface area contributed by atoms with Gasteiger partial charge < -0.3 is 20.1 Å². The van der Waals surface area contributed by atoms with E-state index in [0.29, 0.717) is 0 Å². The minimum absolute atomic E-state index is 0.694. The first-order chi connectivity index (χ1) is 5.52. The number of hydrogen-bond acceptors (Lipinski definition) is 4. The molecule has 0 spiro atoms. The number of carbonyl (C=O) groups is 1. The molecule has 0 amide bonds. The molecule has 68 valence electrons. The molecule has 0 bridgehead atoms. The molecule has 1 rings (SSSR count). The number of halogens is 1. The number of aliphatic hydroxyl groups is 2. The van der Waals surface area contributed by atoms with Crippen molar-refractivity contribution in [3.8, 4) is 0 Å². The van der Waals surface area contributed by atoms with Gasteiger partial charge in [-0.2, -0.15) is 4.39 Å². The van der Waals surface area contributed by atoms with Gasteiger partial charge in [0.25, 0.3) is 6.36 Å². The molecule has 0 fully saturated rings. The summed E-state index contributed by atoms with van der Waals surface area (Å²) in [5.74, 6) is -2.18. The summed E-state index contributed by atoms with van der Waals surface area (Å²) in [6.45, 7) is 0. The van der Waals surface area contributed by atoms with Crippen LogP contribution in [0, 0.1) is 0 Å². The Kier molecular flexibility index (Phi) is 2.30. The maximum atomic E-state index is 12.5. The van der Waals surface area contributed by atoms with Crippen LogP contribution in [-0.2, 0) is 9.53 Å². The van der Waals surface area contributed by atoms with Gasteiger partial charge in [0.05, 0.1) is 0 Å². The van der Waals surface area contributed by atoms with Crippen LogP contribution < -0.4 is 0 Å². The molecule has 5 nitrogen and oxygen atoms in total. The zero-order chi connectivity index (χ0) is 9.30. The van der Waals surface area contributed by atoms with Crippen LogP contribution in [0.2, 0.25) is 0 Å². The molecule has 12 heavy (non-hydrogen) atoms. The highest BCUT2D eigenvalue weighted by Gasteiger charge is 2.34. The van der Waals surface area contributed by atoms with Crippen LogP contribution in [0.1, 0.15) is 0 Å². The Morgan fingerprint density at radius 3 is 2.58 bits per heavy atom. The van der Waals surface area contributed by atoms with Gasteiger partial charge in [-0.3, -0.25) is 0 Å². The molecule has 3 atom stereocenters. The predicted molar refractivity (Wildman–Crippen MR) is 33.7 cm³/mol. The van der Waals surface area contributed by atoms with Crippen molar-refractivity contribution in [2.45, 2.75) is 18.6 Å². The zero-order valence-electron chi connectivity index (χ0n) is 5.85. The molecule has 0 radical (unpaired) electrons. The van der Waals surface area contributed by atoms with Crippen LogP contribution in [0.25, 0.3) is 0 Å². The third-order valence-corrected chi connectivity index (χ3v) is 1.39. The van der Waals surface area contributed by atoms with E-state index in [1.54, 1.807) is 0 Å². The summed E-state index contributed by atoms with van der Waals surface area (Å²) in [4.78, 5) is 10.2. The third-order valence-electron chi connectivity index (χ3n) is 1.39. The van der Waals surface area contributed by atoms with Crippen molar-refractivity contribution in [1.29, 1.82) is 0 Å². The fourth-order valence-electron chi connectivity index (χ4n) is 0.761.